The van der Waals surface area contributed by atoms with Crippen LogP contribution in [0.5, 0.6) is 0 Å². The highest BCUT2D eigenvalue weighted by Crippen LogP contribution is 2.45. The molecule has 4 unspecified atom stereocenters. The van der Waals surface area contributed by atoms with E-state index in [4.69, 9.17) is 14.2 Å². The highest BCUT2D eigenvalue weighted by molar-refractivity contribution is 4.97. The molecule has 4 atom stereocenters. The average molecular weight is 326 g/mol. The third-order valence-corrected chi connectivity index (χ3v) is 6.10. The van der Waals surface area contributed by atoms with E-state index in [2.05, 4.69) is 0 Å². The fourth-order valence-electron chi connectivity index (χ4n) is 4.92. The molecule has 0 aromatic carbocycles. The maximum absolute atomic E-state index is 10.6. The van der Waals surface area contributed by atoms with Gasteiger partial charge in [-0.05, 0) is 25.7 Å². The van der Waals surface area contributed by atoms with Crippen molar-refractivity contribution in [2.75, 3.05) is 0 Å². The van der Waals surface area contributed by atoms with Crippen LogP contribution in [0.15, 0.2) is 0 Å². The minimum Gasteiger partial charge on any atom is -0.390 e. The highest BCUT2D eigenvalue weighted by Gasteiger charge is 2.53. The van der Waals surface area contributed by atoms with Crippen LogP contribution in [0.4, 0.5) is 0 Å². The zero-order valence-corrected chi connectivity index (χ0v) is 13.9. The Labute approximate surface area is 138 Å². The molecule has 5 nitrogen and oxygen atoms in total. The molecule has 23 heavy (non-hydrogen) atoms. The fraction of sp³-hybridized carbons (Fsp3) is 1.00. The molecule has 1 saturated heterocycles. The largest absolute Gasteiger partial charge is 0.390 e. The Morgan fingerprint density at radius 3 is 2.17 bits per heavy atom. The van der Waals surface area contributed by atoms with E-state index >= 15 is 0 Å². The van der Waals surface area contributed by atoms with Crippen LogP contribution in [0.2, 0.25) is 0 Å². The van der Waals surface area contributed by atoms with Crippen LogP contribution in [0.1, 0.15) is 77.0 Å². The summed E-state index contributed by atoms with van der Waals surface area (Å²) >= 11 is 0. The van der Waals surface area contributed by atoms with E-state index in [1.54, 1.807) is 0 Å². The van der Waals surface area contributed by atoms with Crippen LogP contribution in [0.3, 0.4) is 0 Å². The Kier molecular flexibility index (Phi) is 4.43. The van der Waals surface area contributed by atoms with Crippen molar-refractivity contribution >= 4 is 0 Å². The summed E-state index contributed by atoms with van der Waals surface area (Å²) < 4.78 is 18.5. The van der Waals surface area contributed by atoms with Crippen molar-refractivity contribution in [3.63, 3.8) is 0 Å². The smallest absolute Gasteiger partial charge is 0.169 e. The Balaban J connectivity index is 1.40. The third kappa shape index (κ3) is 3.31. The van der Waals surface area contributed by atoms with Crippen LogP contribution in [-0.4, -0.2) is 46.2 Å². The SMILES string of the molecule is OC1CC(OC2(O)CCCCC2)CC2OC3(CCCCC3)OC12. The Hall–Kier alpha value is -0.200. The number of rotatable bonds is 2. The maximum atomic E-state index is 10.6. The molecule has 132 valence electrons. The van der Waals surface area contributed by atoms with E-state index in [9.17, 15) is 10.2 Å². The summed E-state index contributed by atoms with van der Waals surface area (Å²) in [6.45, 7) is 0. The number of hydrogen-bond donors (Lipinski definition) is 2. The molecule has 0 radical (unpaired) electrons. The van der Waals surface area contributed by atoms with Gasteiger partial charge in [-0.25, -0.2) is 0 Å². The van der Waals surface area contributed by atoms with Gasteiger partial charge in [-0.15, -0.1) is 0 Å². The lowest BCUT2D eigenvalue weighted by molar-refractivity contribution is -0.259. The molecule has 0 aromatic rings. The molecular weight excluding hydrogens is 296 g/mol. The molecule has 4 rings (SSSR count). The molecular formula is C18H30O5. The summed E-state index contributed by atoms with van der Waals surface area (Å²) in [4.78, 5) is 0. The summed E-state index contributed by atoms with van der Waals surface area (Å²) in [6, 6.07) is 0. The van der Waals surface area contributed by atoms with E-state index in [1.807, 2.05) is 0 Å². The van der Waals surface area contributed by atoms with E-state index in [-0.39, 0.29) is 18.3 Å². The number of aliphatic hydroxyl groups excluding tert-OH is 1. The molecule has 1 aliphatic heterocycles. The highest BCUT2D eigenvalue weighted by atomic mass is 16.8. The summed E-state index contributed by atoms with van der Waals surface area (Å²) in [5.41, 5.74) is 0. The van der Waals surface area contributed by atoms with E-state index in [0.717, 1.165) is 38.5 Å². The minimum absolute atomic E-state index is 0.103. The van der Waals surface area contributed by atoms with Gasteiger partial charge >= 0.3 is 0 Å². The summed E-state index contributed by atoms with van der Waals surface area (Å²) in [5, 5.41) is 21.1. The molecule has 0 aromatic heterocycles. The van der Waals surface area contributed by atoms with Crippen LogP contribution in [-0.2, 0) is 14.2 Å². The summed E-state index contributed by atoms with van der Waals surface area (Å²) in [6.07, 6.45) is 10.2. The first-order valence-electron chi connectivity index (χ1n) is 9.52. The van der Waals surface area contributed by atoms with Gasteiger partial charge in [0, 0.05) is 38.5 Å². The van der Waals surface area contributed by atoms with Gasteiger partial charge in [-0.3, -0.25) is 0 Å². The maximum Gasteiger partial charge on any atom is 0.169 e. The molecule has 0 amide bonds. The lowest BCUT2D eigenvalue weighted by Gasteiger charge is -2.40. The normalized spacial score (nSPS) is 42.5. The summed E-state index contributed by atoms with van der Waals surface area (Å²) in [7, 11) is 0. The molecule has 4 aliphatic rings. The summed E-state index contributed by atoms with van der Waals surface area (Å²) in [5.74, 6) is -1.47. The molecule has 2 N–H and O–H groups in total. The van der Waals surface area contributed by atoms with Gasteiger partial charge < -0.3 is 24.4 Å². The average Bonchev–Trinajstić information content (AvgIpc) is 2.86. The molecule has 1 heterocycles. The molecule has 3 aliphatic carbocycles. The predicted octanol–water partition coefficient (Wildman–Crippen LogP) is 2.62. The first-order valence-corrected chi connectivity index (χ1v) is 9.52. The third-order valence-electron chi connectivity index (χ3n) is 6.10. The van der Waals surface area contributed by atoms with Gasteiger partial charge in [0.05, 0.1) is 18.3 Å². The number of fused-ring (bicyclic) bond motifs is 1. The number of aliphatic hydroxyl groups is 2. The van der Waals surface area contributed by atoms with Gasteiger partial charge in [-0.1, -0.05) is 12.8 Å². The van der Waals surface area contributed by atoms with Gasteiger partial charge in [0.25, 0.3) is 0 Å². The zero-order valence-electron chi connectivity index (χ0n) is 13.9. The second-order valence-corrected chi connectivity index (χ2v) is 8.00. The van der Waals surface area contributed by atoms with Crippen LogP contribution in [0, 0.1) is 0 Å². The van der Waals surface area contributed by atoms with Crippen LogP contribution < -0.4 is 0 Å². The minimum atomic E-state index is -1.00. The topological polar surface area (TPSA) is 68.2 Å². The first-order chi connectivity index (χ1) is 11.1. The van der Waals surface area contributed by atoms with Crippen molar-refractivity contribution in [1.29, 1.82) is 0 Å². The van der Waals surface area contributed by atoms with E-state index < -0.39 is 17.7 Å². The monoisotopic (exact) mass is 326 g/mol. The molecule has 1 spiro atoms. The lowest BCUT2D eigenvalue weighted by Crippen LogP contribution is -2.48. The standard InChI is InChI=1S/C18H30O5/c19-14-11-13(21-17(20)7-3-1-4-8-17)12-15-16(14)23-18(22-15)9-5-2-6-10-18/h13-16,19-20H,1-12H2. The van der Waals surface area contributed by atoms with Gasteiger partial charge in [0.15, 0.2) is 11.6 Å². The molecule has 0 bridgehead atoms. The fourth-order valence-corrected chi connectivity index (χ4v) is 4.92. The Bertz CT molecular complexity index is 414. The van der Waals surface area contributed by atoms with E-state index in [0.29, 0.717) is 25.7 Å². The predicted molar refractivity (Wildman–Crippen MR) is 83.7 cm³/mol. The van der Waals surface area contributed by atoms with Crippen molar-refractivity contribution < 1.29 is 24.4 Å². The van der Waals surface area contributed by atoms with Gasteiger partial charge in [0.2, 0.25) is 0 Å². The van der Waals surface area contributed by atoms with Crippen molar-refractivity contribution in [2.45, 2.75) is 113 Å². The second-order valence-electron chi connectivity index (χ2n) is 8.00. The first kappa shape index (κ1) is 16.3. The molecule has 3 saturated carbocycles. The van der Waals surface area contributed by atoms with Crippen molar-refractivity contribution in [1.82, 2.24) is 0 Å². The van der Waals surface area contributed by atoms with Crippen LogP contribution in [0.25, 0.3) is 0 Å². The van der Waals surface area contributed by atoms with Gasteiger partial charge in [0.1, 0.15) is 6.10 Å². The lowest BCUT2D eigenvalue weighted by atomic mass is 9.88. The van der Waals surface area contributed by atoms with E-state index in [1.165, 1.54) is 12.8 Å². The quantitative estimate of drug-likeness (QED) is 0.764. The van der Waals surface area contributed by atoms with Crippen molar-refractivity contribution in [2.24, 2.45) is 0 Å². The van der Waals surface area contributed by atoms with Crippen LogP contribution >= 0.6 is 0 Å². The molecule has 4 fully saturated rings. The van der Waals surface area contributed by atoms with Crippen molar-refractivity contribution in [3.05, 3.63) is 0 Å². The molecule has 5 heteroatoms. The Morgan fingerprint density at radius 2 is 1.48 bits per heavy atom. The number of hydrogen-bond acceptors (Lipinski definition) is 5. The zero-order chi connectivity index (χ0) is 15.9. The Morgan fingerprint density at radius 1 is 0.826 bits per heavy atom. The van der Waals surface area contributed by atoms with Gasteiger partial charge in [-0.2, -0.15) is 0 Å². The number of ether oxygens (including phenoxy) is 3. The van der Waals surface area contributed by atoms with Crippen molar-refractivity contribution in [3.8, 4) is 0 Å². The second kappa shape index (κ2) is 6.26.